The molecule has 0 aliphatic carbocycles. The summed E-state index contributed by atoms with van der Waals surface area (Å²) in [5.41, 5.74) is 0.836. The first-order valence-electron chi connectivity index (χ1n) is 6.34. The highest BCUT2D eigenvalue weighted by Crippen LogP contribution is 2.27. The van der Waals surface area contributed by atoms with Gasteiger partial charge in [0.2, 0.25) is 5.91 Å². The summed E-state index contributed by atoms with van der Waals surface area (Å²) < 4.78 is 15.5. The fraction of sp³-hybridized carbons (Fsp3) is 0.267. The number of nitrogens with one attached hydrogen (secondary N) is 1. The molecule has 0 atom stereocenters. The Bertz CT molecular complexity index is 624. The highest BCUT2D eigenvalue weighted by atomic mass is 35.5. The molecule has 1 N–H and O–H groups in total. The zero-order chi connectivity index (χ0) is 15.2. The molecule has 6 heteroatoms. The van der Waals surface area contributed by atoms with Crippen molar-refractivity contribution in [3.05, 3.63) is 46.9 Å². The maximum Gasteiger partial charge on any atom is 0.224 e. The largest absolute Gasteiger partial charge is 0.493 e. The number of halogens is 1. The molecule has 0 bridgehead atoms. The van der Waals surface area contributed by atoms with Gasteiger partial charge in [-0.3, -0.25) is 4.79 Å². The number of carbonyl (C=O) groups excluding carboxylic acids is 1. The number of rotatable bonds is 6. The van der Waals surface area contributed by atoms with E-state index in [0.29, 0.717) is 29.0 Å². The zero-order valence-corrected chi connectivity index (χ0v) is 12.6. The van der Waals surface area contributed by atoms with Crippen LogP contribution in [0.1, 0.15) is 11.3 Å². The van der Waals surface area contributed by atoms with Crippen molar-refractivity contribution in [3.8, 4) is 11.5 Å². The van der Waals surface area contributed by atoms with E-state index < -0.39 is 0 Å². The Labute approximate surface area is 127 Å². The Morgan fingerprint density at radius 1 is 1.19 bits per heavy atom. The molecule has 1 heterocycles. The molecule has 1 amide bonds. The van der Waals surface area contributed by atoms with Crippen molar-refractivity contribution in [2.24, 2.45) is 0 Å². The SMILES string of the molecule is COc1ccc(CC(=O)NCc2ccc(Cl)o2)cc1OC. The van der Waals surface area contributed by atoms with Crippen molar-refractivity contribution >= 4 is 17.5 Å². The van der Waals surface area contributed by atoms with Crippen molar-refractivity contribution in [1.29, 1.82) is 0 Å². The predicted octanol–water partition coefficient (Wildman–Crippen LogP) is 2.81. The van der Waals surface area contributed by atoms with Crippen molar-refractivity contribution in [2.75, 3.05) is 14.2 Å². The lowest BCUT2D eigenvalue weighted by Gasteiger charge is -2.09. The Balaban J connectivity index is 1.93. The van der Waals surface area contributed by atoms with Gasteiger partial charge in [-0.2, -0.15) is 0 Å². The molecule has 0 aliphatic rings. The smallest absolute Gasteiger partial charge is 0.224 e. The van der Waals surface area contributed by atoms with Gasteiger partial charge in [0.1, 0.15) is 5.76 Å². The summed E-state index contributed by atoms with van der Waals surface area (Å²) in [6, 6.07) is 8.73. The van der Waals surface area contributed by atoms with Crippen LogP contribution in [0, 0.1) is 0 Å². The van der Waals surface area contributed by atoms with E-state index in [0.717, 1.165) is 5.56 Å². The number of ether oxygens (including phenoxy) is 2. The minimum absolute atomic E-state index is 0.116. The van der Waals surface area contributed by atoms with Crippen LogP contribution in [0.5, 0.6) is 11.5 Å². The van der Waals surface area contributed by atoms with Crippen LogP contribution in [0.3, 0.4) is 0 Å². The van der Waals surface area contributed by atoms with Crippen LogP contribution >= 0.6 is 11.6 Å². The van der Waals surface area contributed by atoms with E-state index in [1.54, 1.807) is 38.5 Å². The summed E-state index contributed by atoms with van der Waals surface area (Å²) in [4.78, 5) is 11.9. The lowest BCUT2D eigenvalue weighted by Crippen LogP contribution is -2.24. The van der Waals surface area contributed by atoms with Gasteiger partial charge in [0, 0.05) is 0 Å². The summed E-state index contributed by atoms with van der Waals surface area (Å²) in [6.07, 6.45) is 0.245. The van der Waals surface area contributed by atoms with Crippen LogP contribution in [0.4, 0.5) is 0 Å². The second-order valence-electron chi connectivity index (χ2n) is 4.35. The molecule has 5 nitrogen and oxygen atoms in total. The van der Waals surface area contributed by atoms with Crippen molar-refractivity contribution in [1.82, 2.24) is 5.32 Å². The Kier molecular flexibility index (Phi) is 5.11. The van der Waals surface area contributed by atoms with Gasteiger partial charge >= 0.3 is 0 Å². The van der Waals surface area contributed by atoms with E-state index in [2.05, 4.69) is 5.32 Å². The van der Waals surface area contributed by atoms with Gasteiger partial charge in [0.15, 0.2) is 16.7 Å². The van der Waals surface area contributed by atoms with E-state index >= 15 is 0 Å². The first-order valence-corrected chi connectivity index (χ1v) is 6.72. The summed E-state index contributed by atoms with van der Waals surface area (Å²) >= 11 is 5.66. The van der Waals surface area contributed by atoms with E-state index in [-0.39, 0.29) is 12.3 Å². The van der Waals surface area contributed by atoms with Crippen LogP contribution < -0.4 is 14.8 Å². The second-order valence-corrected chi connectivity index (χ2v) is 4.72. The molecular formula is C15H16ClNO4. The molecule has 0 saturated carbocycles. The molecule has 2 aromatic rings. The van der Waals surface area contributed by atoms with Gasteiger partial charge < -0.3 is 19.2 Å². The lowest BCUT2D eigenvalue weighted by atomic mass is 10.1. The van der Waals surface area contributed by atoms with Crippen LogP contribution in [-0.4, -0.2) is 20.1 Å². The second kappa shape index (κ2) is 7.04. The average molecular weight is 310 g/mol. The summed E-state index contributed by atoms with van der Waals surface area (Å²) in [5, 5.41) is 3.07. The first-order chi connectivity index (χ1) is 10.1. The number of benzene rings is 1. The van der Waals surface area contributed by atoms with Crippen molar-refractivity contribution < 1.29 is 18.7 Å². The fourth-order valence-corrected chi connectivity index (χ4v) is 2.03. The van der Waals surface area contributed by atoms with Crippen molar-refractivity contribution in [3.63, 3.8) is 0 Å². The standard InChI is InChI=1S/C15H16ClNO4/c1-19-12-5-3-10(7-13(12)20-2)8-15(18)17-9-11-4-6-14(16)21-11/h3-7H,8-9H2,1-2H3,(H,17,18). The monoisotopic (exact) mass is 309 g/mol. The highest BCUT2D eigenvalue weighted by molar-refractivity contribution is 6.28. The molecule has 0 spiro atoms. The molecule has 0 aliphatic heterocycles. The highest BCUT2D eigenvalue weighted by Gasteiger charge is 2.09. The third kappa shape index (κ3) is 4.16. The van der Waals surface area contributed by atoms with E-state index in [1.807, 2.05) is 6.07 Å². The number of hydrogen-bond donors (Lipinski definition) is 1. The number of hydrogen-bond acceptors (Lipinski definition) is 4. The molecular weight excluding hydrogens is 294 g/mol. The third-order valence-electron chi connectivity index (χ3n) is 2.90. The predicted molar refractivity (Wildman–Crippen MR) is 78.8 cm³/mol. The Morgan fingerprint density at radius 3 is 2.57 bits per heavy atom. The molecule has 0 unspecified atom stereocenters. The number of methoxy groups -OCH3 is 2. The zero-order valence-electron chi connectivity index (χ0n) is 11.8. The molecule has 112 valence electrons. The average Bonchev–Trinajstić information content (AvgIpc) is 2.90. The van der Waals surface area contributed by atoms with Crippen LogP contribution in [0.25, 0.3) is 0 Å². The molecule has 21 heavy (non-hydrogen) atoms. The first kappa shape index (κ1) is 15.3. The summed E-state index contributed by atoms with van der Waals surface area (Å²) in [7, 11) is 3.13. The maximum atomic E-state index is 11.9. The van der Waals surface area contributed by atoms with Crippen LogP contribution in [-0.2, 0) is 17.8 Å². The van der Waals surface area contributed by atoms with Gasteiger partial charge in [-0.05, 0) is 41.4 Å². The third-order valence-corrected chi connectivity index (χ3v) is 3.10. The van der Waals surface area contributed by atoms with Gasteiger partial charge in [-0.1, -0.05) is 6.07 Å². The summed E-state index contributed by atoms with van der Waals surface area (Å²) in [5.74, 6) is 1.72. The lowest BCUT2D eigenvalue weighted by molar-refractivity contribution is -0.120. The number of furan rings is 1. The maximum absolute atomic E-state index is 11.9. The van der Waals surface area contributed by atoms with Gasteiger partial charge in [-0.25, -0.2) is 0 Å². The van der Waals surface area contributed by atoms with E-state index in [4.69, 9.17) is 25.5 Å². The number of amides is 1. The number of carbonyl (C=O) groups is 1. The van der Waals surface area contributed by atoms with E-state index in [1.165, 1.54) is 0 Å². The molecule has 0 saturated heterocycles. The van der Waals surface area contributed by atoms with Crippen molar-refractivity contribution in [2.45, 2.75) is 13.0 Å². The van der Waals surface area contributed by atoms with Crippen LogP contribution in [0.15, 0.2) is 34.7 Å². The normalized spacial score (nSPS) is 10.2. The summed E-state index contributed by atoms with van der Waals surface area (Å²) in [6.45, 7) is 0.304. The molecule has 1 aromatic carbocycles. The quantitative estimate of drug-likeness (QED) is 0.891. The topological polar surface area (TPSA) is 60.7 Å². The Hall–Kier alpha value is -2.14. The fourth-order valence-electron chi connectivity index (χ4n) is 1.87. The van der Waals surface area contributed by atoms with Gasteiger partial charge in [-0.15, -0.1) is 0 Å². The molecule has 0 fully saturated rings. The minimum atomic E-state index is -0.116. The van der Waals surface area contributed by atoms with E-state index in [9.17, 15) is 4.79 Å². The Morgan fingerprint density at radius 2 is 1.95 bits per heavy atom. The van der Waals surface area contributed by atoms with Gasteiger partial charge in [0.05, 0.1) is 27.2 Å². The van der Waals surface area contributed by atoms with Gasteiger partial charge in [0.25, 0.3) is 0 Å². The van der Waals surface area contributed by atoms with Crippen LogP contribution in [0.2, 0.25) is 5.22 Å². The molecule has 0 radical (unpaired) electrons. The minimum Gasteiger partial charge on any atom is -0.493 e. The molecule has 2 rings (SSSR count). The molecule has 1 aromatic heterocycles.